The Morgan fingerprint density at radius 2 is 1.71 bits per heavy atom. The number of pyridine rings is 1. The monoisotopic (exact) mass is 490 g/mol. The van der Waals surface area contributed by atoms with Gasteiger partial charge in [0.15, 0.2) is 5.65 Å². The number of nitrogens with zero attached hydrogens (tertiary/aromatic N) is 6. The Morgan fingerprint density at radius 1 is 0.968 bits per heavy atom. The fraction of sp³-hybridized carbons (Fsp3) is 0.130. The van der Waals surface area contributed by atoms with Gasteiger partial charge in [0, 0.05) is 22.5 Å². The van der Waals surface area contributed by atoms with Gasteiger partial charge >= 0.3 is 0 Å². The highest BCUT2D eigenvalue weighted by molar-refractivity contribution is 9.10. The van der Waals surface area contributed by atoms with Crippen LogP contribution in [-0.4, -0.2) is 32.0 Å². The van der Waals surface area contributed by atoms with Crippen LogP contribution in [0.25, 0.3) is 27.3 Å². The van der Waals surface area contributed by atoms with Crippen LogP contribution in [0.1, 0.15) is 11.3 Å². The summed E-state index contributed by atoms with van der Waals surface area (Å²) in [5.41, 5.74) is 4.96. The van der Waals surface area contributed by atoms with Crippen molar-refractivity contribution in [3.63, 3.8) is 0 Å². The Labute approximate surface area is 192 Å². The normalized spacial score (nSPS) is 11.2. The maximum atomic E-state index is 4.96. The van der Waals surface area contributed by atoms with Crippen LogP contribution in [0.15, 0.2) is 65.1 Å². The smallest absolute Gasteiger partial charge is 0.213 e. The van der Waals surface area contributed by atoms with Crippen molar-refractivity contribution in [1.82, 2.24) is 25.0 Å². The molecule has 6 nitrogen and oxygen atoms in total. The SMILES string of the molecule is Cc1cc(N(C)c2nnc(-c3ccc(Br)cc3)s2)nc2c1c(C)nn2-c1ccccc1. The summed E-state index contributed by atoms with van der Waals surface area (Å²) in [5, 5.41) is 16.3. The summed E-state index contributed by atoms with van der Waals surface area (Å²) in [6, 6.07) is 20.2. The third-order valence-electron chi connectivity index (χ3n) is 5.13. The molecule has 5 aromatic rings. The number of hydrogen-bond acceptors (Lipinski definition) is 6. The molecule has 0 aliphatic rings. The van der Waals surface area contributed by atoms with Crippen LogP contribution in [0, 0.1) is 13.8 Å². The topological polar surface area (TPSA) is 59.7 Å². The molecule has 5 rings (SSSR count). The molecule has 0 saturated carbocycles. The molecule has 0 N–H and O–H groups in total. The molecule has 0 amide bonds. The van der Waals surface area contributed by atoms with Crippen LogP contribution in [0.4, 0.5) is 10.9 Å². The minimum atomic E-state index is 0.784. The molecule has 3 heterocycles. The Hall–Kier alpha value is -3.10. The first-order chi connectivity index (χ1) is 15.0. The Balaban J connectivity index is 1.57. The molecule has 0 unspecified atom stereocenters. The van der Waals surface area contributed by atoms with E-state index in [0.29, 0.717) is 0 Å². The number of hydrogen-bond donors (Lipinski definition) is 0. The fourth-order valence-corrected chi connectivity index (χ4v) is 4.65. The first kappa shape index (κ1) is 19.8. The number of rotatable bonds is 4. The first-order valence-electron chi connectivity index (χ1n) is 9.77. The van der Waals surface area contributed by atoms with Gasteiger partial charge in [-0.05, 0) is 49.7 Å². The molecule has 0 aliphatic carbocycles. The minimum Gasteiger partial charge on any atom is -0.304 e. The van der Waals surface area contributed by atoms with Crippen molar-refractivity contribution >= 4 is 49.2 Å². The zero-order valence-electron chi connectivity index (χ0n) is 17.2. The second kappa shape index (κ2) is 7.86. The summed E-state index contributed by atoms with van der Waals surface area (Å²) < 4.78 is 2.94. The van der Waals surface area contributed by atoms with Gasteiger partial charge < -0.3 is 4.90 Å². The van der Waals surface area contributed by atoms with E-state index in [-0.39, 0.29) is 0 Å². The van der Waals surface area contributed by atoms with Crippen LogP contribution >= 0.6 is 27.3 Å². The Morgan fingerprint density at radius 3 is 2.45 bits per heavy atom. The molecule has 154 valence electrons. The lowest BCUT2D eigenvalue weighted by Crippen LogP contribution is -2.12. The highest BCUT2D eigenvalue weighted by Gasteiger charge is 2.18. The van der Waals surface area contributed by atoms with Crippen LogP contribution in [-0.2, 0) is 0 Å². The Bertz CT molecular complexity index is 1380. The van der Waals surface area contributed by atoms with Gasteiger partial charge in [0.2, 0.25) is 5.13 Å². The maximum Gasteiger partial charge on any atom is 0.213 e. The van der Waals surface area contributed by atoms with Crippen molar-refractivity contribution < 1.29 is 0 Å². The number of halogens is 1. The molecule has 0 radical (unpaired) electrons. The summed E-state index contributed by atoms with van der Waals surface area (Å²) in [5.74, 6) is 0.806. The van der Waals surface area contributed by atoms with Gasteiger partial charge in [-0.3, -0.25) is 0 Å². The van der Waals surface area contributed by atoms with Gasteiger partial charge in [-0.2, -0.15) is 5.10 Å². The van der Waals surface area contributed by atoms with Crippen molar-refractivity contribution in [1.29, 1.82) is 0 Å². The third kappa shape index (κ3) is 3.62. The van der Waals surface area contributed by atoms with Gasteiger partial charge in [0.05, 0.1) is 11.4 Å². The number of anilines is 2. The predicted octanol–water partition coefficient (Wildman–Crippen LogP) is 6.09. The van der Waals surface area contributed by atoms with E-state index in [0.717, 1.165) is 54.0 Å². The van der Waals surface area contributed by atoms with Crippen molar-refractivity contribution in [3.05, 3.63) is 76.4 Å². The highest BCUT2D eigenvalue weighted by atomic mass is 79.9. The van der Waals surface area contributed by atoms with Gasteiger partial charge in [-0.15, -0.1) is 10.2 Å². The van der Waals surface area contributed by atoms with E-state index in [2.05, 4.69) is 39.1 Å². The van der Waals surface area contributed by atoms with Gasteiger partial charge in [0.1, 0.15) is 10.8 Å². The molecular weight excluding hydrogens is 472 g/mol. The van der Waals surface area contributed by atoms with Gasteiger partial charge in [-0.25, -0.2) is 9.67 Å². The summed E-state index contributed by atoms with van der Waals surface area (Å²) in [7, 11) is 1.97. The predicted molar refractivity (Wildman–Crippen MR) is 129 cm³/mol. The van der Waals surface area contributed by atoms with Crippen molar-refractivity contribution in [2.75, 3.05) is 11.9 Å². The van der Waals surface area contributed by atoms with E-state index >= 15 is 0 Å². The van der Waals surface area contributed by atoms with Crippen molar-refractivity contribution in [2.45, 2.75) is 13.8 Å². The molecule has 0 bridgehead atoms. The lowest BCUT2D eigenvalue weighted by atomic mass is 10.1. The largest absolute Gasteiger partial charge is 0.304 e. The van der Waals surface area contributed by atoms with Crippen LogP contribution in [0.3, 0.4) is 0 Å². The molecule has 0 spiro atoms. The average Bonchev–Trinajstić information content (AvgIpc) is 3.40. The minimum absolute atomic E-state index is 0.784. The molecule has 0 saturated heterocycles. The number of para-hydroxylation sites is 1. The van der Waals surface area contributed by atoms with Gasteiger partial charge in [-0.1, -0.05) is 57.6 Å². The van der Waals surface area contributed by atoms with Crippen LogP contribution < -0.4 is 4.90 Å². The summed E-state index contributed by atoms with van der Waals surface area (Å²) in [6.07, 6.45) is 0. The molecule has 8 heteroatoms. The molecule has 31 heavy (non-hydrogen) atoms. The standard InChI is InChI=1S/C23H19BrN6S/c1-14-13-19(25-21-20(14)15(2)28-30(21)18-7-5-4-6-8-18)29(3)23-27-26-22(31-23)16-9-11-17(24)12-10-16/h4-13H,1-3H3. The lowest BCUT2D eigenvalue weighted by Gasteiger charge is -2.15. The molecule has 0 fully saturated rings. The molecule has 3 aromatic heterocycles. The van der Waals surface area contributed by atoms with E-state index in [9.17, 15) is 0 Å². The highest BCUT2D eigenvalue weighted by Crippen LogP contribution is 2.34. The van der Waals surface area contributed by atoms with E-state index in [1.165, 1.54) is 11.3 Å². The third-order valence-corrected chi connectivity index (χ3v) is 6.71. The molecule has 0 atom stereocenters. The second-order valence-corrected chi connectivity index (χ2v) is 9.16. The lowest BCUT2D eigenvalue weighted by molar-refractivity contribution is 0.876. The Kier molecular flexibility index (Phi) is 5.03. The summed E-state index contributed by atoms with van der Waals surface area (Å²) in [4.78, 5) is 6.94. The molecular formula is C23H19BrN6S. The fourth-order valence-electron chi connectivity index (χ4n) is 3.57. The zero-order chi connectivity index (χ0) is 21.5. The van der Waals surface area contributed by atoms with Crippen molar-refractivity contribution in [2.24, 2.45) is 0 Å². The second-order valence-electron chi connectivity index (χ2n) is 7.28. The van der Waals surface area contributed by atoms with Crippen LogP contribution in [0.2, 0.25) is 0 Å². The van der Waals surface area contributed by atoms with E-state index in [4.69, 9.17) is 10.1 Å². The molecule has 0 aliphatic heterocycles. The summed E-state index contributed by atoms with van der Waals surface area (Å²) >= 11 is 5.01. The van der Waals surface area contributed by atoms with Crippen LogP contribution in [0.5, 0.6) is 0 Å². The zero-order valence-corrected chi connectivity index (χ0v) is 19.6. The average molecular weight is 491 g/mol. The molecule has 2 aromatic carbocycles. The number of aryl methyl sites for hydroxylation is 2. The van der Waals surface area contributed by atoms with Gasteiger partial charge in [0.25, 0.3) is 0 Å². The van der Waals surface area contributed by atoms with E-state index in [1.807, 2.05) is 78.2 Å². The first-order valence-corrected chi connectivity index (χ1v) is 11.4. The number of benzene rings is 2. The van der Waals surface area contributed by atoms with Crippen molar-refractivity contribution in [3.8, 4) is 16.3 Å². The maximum absolute atomic E-state index is 4.96. The van der Waals surface area contributed by atoms with E-state index < -0.39 is 0 Å². The van der Waals surface area contributed by atoms with E-state index in [1.54, 1.807) is 0 Å². The summed E-state index contributed by atoms with van der Waals surface area (Å²) in [6.45, 7) is 4.12. The number of aromatic nitrogens is 5. The quantitative estimate of drug-likeness (QED) is 0.305. The number of fused-ring (bicyclic) bond motifs is 1.